The van der Waals surface area contributed by atoms with Crippen LogP contribution in [0.25, 0.3) is 0 Å². The van der Waals surface area contributed by atoms with Crippen molar-refractivity contribution >= 4 is 0 Å². The van der Waals surface area contributed by atoms with Gasteiger partial charge >= 0.3 is 6.18 Å². The number of halogens is 3. The number of ether oxygens (including phenoxy) is 1. The molecule has 4 heteroatoms. The molecule has 0 radical (unpaired) electrons. The number of fused-ring (bicyclic) bond motifs is 2. The van der Waals surface area contributed by atoms with Crippen molar-refractivity contribution in [1.29, 1.82) is 0 Å². The van der Waals surface area contributed by atoms with Crippen molar-refractivity contribution in [3.05, 3.63) is 12.2 Å². The molecule has 0 aromatic heterocycles. The molecule has 0 aromatic rings. The second-order valence-corrected chi connectivity index (χ2v) is 7.01. The van der Waals surface area contributed by atoms with Gasteiger partial charge in [0.1, 0.15) is 0 Å². The van der Waals surface area contributed by atoms with Crippen LogP contribution in [0.15, 0.2) is 12.2 Å². The quantitative estimate of drug-likeness (QED) is 0.649. The van der Waals surface area contributed by atoms with E-state index < -0.39 is 24.0 Å². The van der Waals surface area contributed by atoms with Crippen LogP contribution in [0.2, 0.25) is 0 Å². The molecular weight excluding hydrogens is 265 g/mol. The molecule has 0 amide bonds. The molecule has 116 valence electrons. The number of rotatable bonds is 5. The molecule has 0 N–H and O–H groups in total. The van der Waals surface area contributed by atoms with Crippen molar-refractivity contribution < 1.29 is 17.9 Å². The fraction of sp³-hybridized carbons (Fsp3) is 0.875. The second-order valence-electron chi connectivity index (χ2n) is 7.01. The van der Waals surface area contributed by atoms with E-state index in [1.54, 1.807) is 0 Å². The maximum atomic E-state index is 12.6. The van der Waals surface area contributed by atoms with E-state index in [1.165, 1.54) is 19.3 Å². The van der Waals surface area contributed by atoms with E-state index in [9.17, 15) is 13.2 Å². The maximum Gasteiger partial charge on any atom is 0.414 e. The van der Waals surface area contributed by atoms with Crippen LogP contribution in [-0.4, -0.2) is 18.4 Å². The highest BCUT2D eigenvalue weighted by molar-refractivity contribution is 5.05. The van der Waals surface area contributed by atoms with Gasteiger partial charge in [0, 0.05) is 0 Å². The third kappa shape index (κ3) is 2.90. The summed E-state index contributed by atoms with van der Waals surface area (Å²) in [5.41, 5.74) is -1.26. The van der Waals surface area contributed by atoms with Crippen LogP contribution in [0.3, 0.4) is 0 Å². The lowest BCUT2D eigenvalue weighted by Gasteiger charge is -2.43. The fourth-order valence-electron chi connectivity index (χ4n) is 3.97. The Morgan fingerprint density at radius 1 is 1.25 bits per heavy atom. The van der Waals surface area contributed by atoms with Crippen molar-refractivity contribution in [1.82, 2.24) is 0 Å². The third-order valence-corrected chi connectivity index (χ3v) is 5.58. The van der Waals surface area contributed by atoms with E-state index in [2.05, 4.69) is 6.58 Å². The Labute approximate surface area is 119 Å². The van der Waals surface area contributed by atoms with Gasteiger partial charge in [-0.25, -0.2) is 0 Å². The molecule has 2 bridgehead atoms. The molecule has 4 atom stereocenters. The molecule has 2 aliphatic carbocycles. The molecule has 0 aromatic carbocycles. The monoisotopic (exact) mass is 290 g/mol. The van der Waals surface area contributed by atoms with Gasteiger partial charge in [0.2, 0.25) is 0 Å². The SMILES string of the molecule is C=C(COC(C)(C(C)C)C1CC2CCC1C2)C(F)(F)F. The molecule has 4 unspecified atom stereocenters. The molecular formula is C16H25F3O. The summed E-state index contributed by atoms with van der Waals surface area (Å²) in [5, 5.41) is 0. The summed E-state index contributed by atoms with van der Waals surface area (Å²) in [6.07, 6.45) is 0.479. The Morgan fingerprint density at radius 2 is 1.90 bits per heavy atom. The first-order valence-electron chi connectivity index (χ1n) is 7.53. The normalized spacial score (nSPS) is 32.6. The highest BCUT2D eigenvalue weighted by Crippen LogP contribution is 2.54. The summed E-state index contributed by atoms with van der Waals surface area (Å²) in [6.45, 7) is 8.78. The van der Waals surface area contributed by atoms with Gasteiger partial charge in [-0.2, -0.15) is 13.2 Å². The fourth-order valence-corrected chi connectivity index (χ4v) is 3.97. The zero-order chi connectivity index (χ0) is 15.1. The van der Waals surface area contributed by atoms with E-state index in [1.807, 2.05) is 20.8 Å². The predicted molar refractivity (Wildman–Crippen MR) is 73.3 cm³/mol. The largest absolute Gasteiger partial charge is 0.414 e. The standard InChI is InChI=1S/C16H25F3O/c1-10(2)15(4,20-9-11(3)16(17,18)19)14-8-12-5-6-13(14)7-12/h10,12-14H,3,5-9H2,1-2,4H3. The lowest BCUT2D eigenvalue weighted by atomic mass is 9.71. The van der Waals surface area contributed by atoms with Crippen LogP contribution in [0, 0.1) is 23.7 Å². The van der Waals surface area contributed by atoms with Gasteiger partial charge in [-0.1, -0.05) is 26.8 Å². The minimum absolute atomic E-state index is 0.202. The molecule has 20 heavy (non-hydrogen) atoms. The van der Waals surface area contributed by atoms with Crippen molar-refractivity contribution in [2.45, 2.75) is 58.2 Å². The van der Waals surface area contributed by atoms with Crippen LogP contribution in [0.5, 0.6) is 0 Å². The Morgan fingerprint density at radius 3 is 2.30 bits per heavy atom. The molecule has 0 spiro atoms. The number of alkyl halides is 3. The highest BCUT2D eigenvalue weighted by atomic mass is 19.4. The van der Waals surface area contributed by atoms with Crippen molar-refractivity contribution in [3.8, 4) is 0 Å². The first kappa shape index (κ1) is 15.9. The third-order valence-electron chi connectivity index (χ3n) is 5.58. The maximum absolute atomic E-state index is 12.6. The lowest BCUT2D eigenvalue weighted by Crippen LogP contribution is -2.46. The van der Waals surface area contributed by atoms with Gasteiger partial charge in [-0.05, 0) is 49.9 Å². The van der Waals surface area contributed by atoms with Gasteiger partial charge in [-0.3, -0.25) is 0 Å². The average Bonchev–Trinajstić information content (AvgIpc) is 2.96. The molecule has 2 aliphatic rings. The van der Waals surface area contributed by atoms with E-state index in [0.29, 0.717) is 11.8 Å². The molecule has 2 fully saturated rings. The van der Waals surface area contributed by atoms with E-state index in [0.717, 1.165) is 12.3 Å². The lowest BCUT2D eigenvalue weighted by molar-refractivity contribution is -0.139. The van der Waals surface area contributed by atoms with Crippen LogP contribution < -0.4 is 0 Å². The minimum atomic E-state index is -4.35. The Bertz CT molecular complexity index is 374. The summed E-state index contributed by atoms with van der Waals surface area (Å²) in [5.74, 6) is 1.99. The summed E-state index contributed by atoms with van der Waals surface area (Å²) in [6, 6.07) is 0. The average molecular weight is 290 g/mol. The van der Waals surface area contributed by atoms with Crippen LogP contribution in [0.1, 0.15) is 46.5 Å². The van der Waals surface area contributed by atoms with Crippen molar-refractivity contribution in [2.75, 3.05) is 6.61 Å². The first-order valence-corrected chi connectivity index (χ1v) is 7.53. The Balaban J connectivity index is 2.05. The molecule has 1 nitrogen and oxygen atoms in total. The first-order chi connectivity index (χ1) is 9.14. The number of hydrogen-bond acceptors (Lipinski definition) is 1. The van der Waals surface area contributed by atoms with Gasteiger partial charge < -0.3 is 4.74 Å². The smallest absolute Gasteiger partial charge is 0.370 e. The van der Waals surface area contributed by atoms with Gasteiger partial charge in [0.05, 0.1) is 17.8 Å². The Hall–Kier alpha value is -0.510. The summed E-state index contributed by atoms with van der Waals surface area (Å²) in [7, 11) is 0. The predicted octanol–water partition coefficient (Wildman–Crippen LogP) is 4.97. The van der Waals surface area contributed by atoms with Gasteiger partial charge in [0.25, 0.3) is 0 Å². The molecule has 2 saturated carbocycles. The van der Waals surface area contributed by atoms with E-state index in [4.69, 9.17) is 4.74 Å². The van der Waals surface area contributed by atoms with Crippen LogP contribution in [0.4, 0.5) is 13.2 Å². The molecule has 0 saturated heterocycles. The molecule has 0 aliphatic heterocycles. The van der Waals surface area contributed by atoms with Crippen LogP contribution in [-0.2, 0) is 4.74 Å². The zero-order valence-corrected chi connectivity index (χ0v) is 12.6. The van der Waals surface area contributed by atoms with Crippen LogP contribution >= 0.6 is 0 Å². The zero-order valence-electron chi connectivity index (χ0n) is 12.6. The summed E-state index contributed by atoms with van der Waals surface area (Å²) >= 11 is 0. The number of hydrogen-bond donors (Lipinski definition) is 0. The molecule has 2 rings (SSSR count). The minimum Gasteiger partial charge on any atom is -0.370 e. The Kier molecular flexibility index (Phi) is 4.25. The summed E-state index contributed by atoms with van der Waals surface area (Å²) in [4.78, 5) is 0. The van der Waals surface area contributed by atoms with E-state index in [-0.39, 0.29) is 5.92 Å². The summed E-state index contributed by atoms with van der Waals surface area (Å²) < 4.78 is 43.5. The highest BCUT2D eigenvalue weighted by Gasteiger charge is 2.50. The van der Waals surface area contributed by atoms with Gasteiger partial charge in [0.15, 0.2) is 0 Å². The van der Waals surface area contributed by atoms with Gasteiger partial charge in [-0.15, -0.1) is 0 Å². The molecule has 0 heterocycles. The second kappa shape index (κ2) is 5.36. The van der Waals surface area contributed by atoms with Crippen molar-refractivity contribution in [2.24, 2.45) is 23.7 Å². The van der Waals surface area contributed by atoms with E-state index >= 15 is 0 Å². The topological polar surface area (TPSA) is 9.23 Å². The van der Waals surface area contributed by atoms with Crippen molar-refractivity contribution in [3.63, 3.8) is 0 Å².